The predicted molar refractivity (Wildman–Crippen MR) is 162 cm³/mol. The summed E-state index contributed by atoms with van der Waals surface area (Å²) in [6.45, 7) is 27.1. The molecule has 2 aliphatic rings. The van der Waals surface area contributed by atoms with Gasteiger partial charge in [0.1, 0.15) is 23.8 Å². The summed E-state index contributed by atoms with van der Waals surface area (Å²) in [5.41, 5.74) is 0.898. The minimum Gasteiger partial charge on any atom is -0.409 e. The van der Waals surface area contributed by atoms with Crippen LogP contribution in [0.3, 0.4) is 0 Å². The van der Waals surface area contributed by atoms with Crippen LogP contribution in [0, 0.1) is 13.8 Å². The van der Waals surface area contributed by atoms with E-state index < -0.39 is 22.7 Å². The predicted octanol–water partition coefficient (Wildman–Crippen LogP) is 6.51. The zero-order valence-corrected chi connectivity index (χ0v) is 28.2. The summed E-state index contributed by atoms with van der Waals surface area (Å²) in [4.78, 5) is 25.7. The lowest BCUT2D eigenvalue weighted by Crippen LogP contribution is -2.57. The van der Waals surface area contributed by atoms with Gasteiger partial charge in [-0.2, -0.15) is 0 Å². The molecule has 0 radical (unpaired) electrons. The first-order chi connectivity index (χ1) is 17.3. The number of anilines is 1. The summed E-state index contributed by atoms with van der Waals surface area (Å²) >= 11 is 0. The second kappa shape index (κ2) is 11.3. The van der Waals surface area contributed by atoms with Gasteiger partial charge >= 0.3 is 0 Å². The molecule has 1 N–H and O–H groups in total. The van der Waals surface area contributed by atoms with Gasteiger partial charge in [-0.3, -0.25) is 4.79 Å². The van der Waals surface area contributed by atoms with Crippen molar-refractivity contribution in [3.8, 4) is 0 Å². The van der Waals surface area contributed by atoms with E-state index in [9.17, 15) is 4.79 Å². The van der Waals surface area contributed by atoms with E-state index in [1.54, 1.807) is 0 Å². The molecule has 3 unspecified atom stereocenters. The molecule has 2 fully saturated rings. The van der Waals surface area contributed by atoms with Crippen LogP contribution in [-0.4, -0.2) is 63.3 Å². The molecule has 9 heteroatoms. The average Bonchev–Trinajstić information content (AvgIpc) is 3.09. The molecule has 2 heterocycles. The van der Waals surface area contributed by atoms with Crippen LogP contribution in [0.25, 0.3) is 0 Å². The molecular weight excluding hydrogens is 509 g/mol. The van der Waals surface area contributed by atoms with E-state index in [0.29, 0.717) is 12.4 Å². The maximum Gasteiger partial charge on any atom is 0.245 e. The van der Waals surface area contributed by atoms with Crippen molar-refractivity contribution in [2.24, 2.45) is 0 Å². The Morgan fingerprint density at radius 3 is 2.00 bits per heavy atom. The van der Waals surface area contributed by atoms with Crippen LogP contribution in [0.4, 0.5) is 5.82 Å². The van der Waals surface area contributed by atoms with Crippen LogP contribution in [0.2, 0.25) is 36.3 Å². The first kappa shape index (κ1) is 31.2. The molecule has 1 aliphatic heterocycles. The van der Waals surface area contributed by atoms with Crippen LogP contribution in [0.15, 0.2) is 6.07 Å². The van der Waals surface area contributed by atoms with Gasteiger partial charge in [-0.25, -0.2) is 9.97 Å². The molecule has 1 saturated heterocycles. The third-order valence-electron chi connectivity index (χ3n) is 9.35. The lowest BCUT2D eigenvalue weighted by Gasteiger charge is -2.43. The number of carbonyl (C=O) groups is 1. The van der Waals surface area contributed by atoms with Crippen molar-refractivity contribution in [1.29, 1.82) is 0 Å². The Bertz CT molecular complexity index is 961. The smallest absolute Gasteiger partial charge is 0.245 e. The van der Waals surface area contributed by atoms with Gasteiger partial charge in [0.2, 0.25) is 5.91 Å². The number of aryl methyl sites for hydroxylation is 2. The van der Waals surface area contributed by atoms with Crippen LogP contribution in [0.5, 0.6) is 0 Å². The fourth-order valence-electron chi connectivity index (χ4n) is 5.01. The van der Waals surface area contributed by atoms with Crippen molar-refractivity contribution in [3.63, 3.8) is 0 Å². The fraction of sp³-hybridized carbons (Fsp3) is 0.828. The Labute approximate surface area is 234 Å². The molecule has 1 saturated carbocycles. The third kappa shape index (κ3) is 7.06. The Kier molecular flexibility index (Phi) is 9.28. The van der Waals surface area contributed by atoms with E-state index in [2.05, 4.69) is 82.9 Å². The zero-order valence-electron chi connectivity index (χ0n) is 26.2. The van der Waals surface area contributed by atoms with Gasteiger partial charge in [-0.15, -0.1) is 0 Å². The highest BCUT2D eigenvalue weighted by Crippen LogP contribution is 2.43. The Morgan fingerprint density at radius 2 is 1.47 bits per heavy atom. The van der Waals surface area contributed by atoms with Crippen molar-refractivity contribution in [3.05, 3.63) is 17.6 Å². The number of nitrogens with zero attached hydrogens (tertiary/aromatic N) is 3. The largest absolute Gasteiger partial charge is 0.409 e. The first-order valence-electron chi connectivity index (χ1n) is 14.6. The van der Waals surface area contributed by atoms with Crippen LogP contribution in [0.1, 0.15) is 85.2 Å². The Morgan fingerprint density at radius 1 is 0.921 bits per heavy atom. The highest BCUT2D eigenvalue weighted by molar-refractivity contribution is 6.74. The number of amides is 1. The van der Waals surface area contributed by atoms with Crippen molar-refractivity contribution in [2.75, 3.05) is 11.4 Å². The van der Waals surface area contributed by atoms with E-state index in [1.165, 1.54) is 19.3 Å². The Balaban J connectivity index is 2.09. The summed E-state index contributed by atoms with van der Waals surface area (Å²) in [6.07, 6.45) is 5.09. The monoisotopic (exact) mass is 562 g/mol. The van der Waals surface area contributed by atoms with E-state index in [-0.39, 0.29) is 34.2 Å². The van der Waals surface area contributed by atoms with Gasteiger partial charge in [0.15, 0.2) is 16.6 Å². The van der Waals surface area contributed by atoms with E-state index in [0.717, 1.165) is 24.4 Å². The van der Waals surface area contributed by atoms with Gasteiger partial charge in [0.25, 0.3) is 0 Å². The quantitative estimate of drug-likeness (QED) is 0.382. The van der Waals surface area contributed by atoms with Gasteiger partial charge in [0, 0.05) is 24.3 Å². The summed E-state index contributed by atoms with van der Waals surface area (Å²) < 4.78 is 14.2. The van der Waals surface area contributed by atoms with Crippen molar-refractivity contribution in [2.45, 2.75) is 148 Å². The number of rotatable bonds is 7. The first-order valence-corrected chi connectivity index (χ1v) is 20.4. The minimum atomic E-state index is -2.23. The molecule has 1 aromatic heterocycles. The van der Waals surface area contributed by atoms with Gasteiger partial charge in [-0.1, -0.05) is 60.8 Å². The Hall–Kier alpha value is -1.30. The molecule has 1 aliphatic carbocycles. The van der Waals surface area contributed by atoms with Crippen molar-refractivity contribution < 1.29 is 13.6 Å². The fourth-order valence-corrected chi connectivity index (χ4v) is 7.65. The summed E-state index contributed by atoms with van der Waals surface area (Å²) in [6, 6.07) is 1.71. The highest BCUT2D eigenvalue weighted by Gasteiger charge is 2.54. The molecule has 0 aromatic carbocycles. The lowest BCUT2D eigenvalue weighted by atomic mass is 9.95. The zero-order chi connectivity index (χ0) is 28.7. The van der Waals surface area contributed by atoms with Crippen LogP contribution in [-0.2, 0) is 13.6 Å². The maximum absolute atomic E-state index is 14.2. The summed E-state index contributed by atoms with van der Waals surface area (Å²) in [5, 5.41) is 3.48. The second-order valence-electron chi connectivity index (χ2n) is 14.6. The molecule has 216 valence electrons. The summed E-state index contributed by atoms with van der Waals surface area (Å²) in [5.74, 6) is 1.53. The number of nitrogens with one attached hydrogen (secondary N) is 1. The molecular formula is C29H54N4O3Si2. The van der Waals surface area contributed by atoms with Gasteiger partial charge < -0.3 is 19.1 Å². The number of carbonyl (C=O) groups excluding carboxylic acids is 1. The molecule has 0 spiro atoms. The van der Waals surface area contributed by atoms with Gasteiger partial charge in [0.05, 0.1) is 6.10 Å². The molecule has 7 nitrogen and oxygen atoms in total. The van der Waals surface area contributed by atoms with E-state index in [4.69, 9.17) is 13.8 Å². The number of hydrogen-bond acceptors (Lipinski definition) is 6. The average molecular weight is 563 g/mol. The molecule has 3 atom stereocenters. The van der Waals surface area contributed by atoms with Crippen LogP contribution < -0.4 is 10.2 Å². The highest BCUT2D eigenvalue weighted by atomic mass is 28.4. The molecule has 1 aromatic rings. The molecule has 0 bridgehead atoms. The van der Waals surface area contributed by atoms with E-state index in [1.807, 2.05) is 19.9 Å². The van der Waals surface area contributed by atoms with Crippen LogP contribution >= 0.6 is 0 Å². The maximum atomic E-state index is 14.2. The topological polar surface area (TPSA) is 76.6 Å². The second-order valence-corrected chi connectivity index (χ2v) is 24.1. The van der Waals surface area contributed by atoms with Gasteiger partial charge in [-0.05, 0) is 63.0 Å². The summed E-state index contributed by atoms with van der Waals surface area (Å²) in [7, 11) is -4.38. The SMILES string of the molecule is Cc1cc(N2CC(O[Si](C)(C)C(C)(C)C)C(O[Si](C)(C)C(C)(C)C)C2C(=O)NC2CCCCC2)nc(C)n1. The standard InChI is InChI=1S/C29H54N4O3Si2/c1-20-18-24(31-21(2)30-20)33-19-23(35-37(9,10)28(3,4)5)26(36-38(11,12)29(6,7)8)25(33)27(34)32-22-16-14-13-15-17-22/h18,22-23,25-26H,13-17,19H2,1-12H3,(H,32,34). The normalized spacial score (nSPS) is 24.1. The number of aromatic nitrogens is 2. The van der Waals surface area contributed by atoms with Crippen molar-refractivity contribution >= 4 is 28.4 Å². The number of hydrogen-bond donors (Lipinski definition) is 1. The van der Waals surface area contributed by atoms with Crippen molar-refractivity contribution in [1.82, 2.24) is 15.3 Å². The molecule has 3 rings (SSSR count). The molecule has 38 heavy (non-hydrogen) atoms. The lowest BCUT2D eigenvalue weighted by molar-refractivity contribution is -0.125. The minimum absolute atomic E-state index is 0.00837. The van der Waals surface area contributed by atoms with E-state index >= 15 is 0 Å². The third-order valence-corrected chi connectivity index (χ3v) is 18.3. The molecule has 1 amide bonds.